The second-order valence-electron chi connectivity index (χ2n) is 11.8. The summed E-state index contributed by atoms with van der Waals surface area (Å²) in [7, 11) is 0. The quantitative estimate of drug-likeness (QED) is 0.209. The van der Waals surface area contributed by atoms with E-state index >= 15 is 0 Å². The fraction of sp³-hybridized carbons (Fsp3) is 0.211. The molecule has 6 aromatic rings. The Hall–Kier alpha value is -4.10. The van der Waals surface area contributed by atoms with Crippen LogP contribution in [-0.2, 0) is 10.8 Å². The summed E-state index contributed by atoms with van der Waals surface area (Å²) in [5.74, 6) is 0. The highest BCUT2D eigenvalue weighted by Crippen LogP contribution is 2.55. The average molecular weight is 506 g/mol. The molecule has 0 radical (unpaired) electrons. The van der Waals surface area contributed by atoms with E-state index in [2.05, 4.69) is 135 Å². The number of hydrogen-bond donors (Lipinski definition) is 0. The second-order valence-corrected chi connectivity index (χ2v) is 11.8. The van der Waals surface area contributed by atoms with Gasteiger partial charge in [-0.2, -0.15) is 0 Å². The monoisotopic (exact) mass is 505 g/mol. The molecule has 1 heteroatoms. The van der Waals surface area contributed by atoms with Gasteiger partial charge in [-0.25, -0.2) is 0 Å². The third kappa shape index (κ3) is 3.02. The zero-order chi connectivity index (χ0) is 27.1. The molecule has 0 N–H and O–H groups in total. The van der Waals surface area contributed by atoms with E-state index < -0.39 is 0 Å². The highest BCUT2D eigenvalue weighted by molar-refractivity contribution is 6.17. The molecule has 0 saturated carbocycles. The lowest BCUT2D eigenvalue weighted by atomic mass is 9.73. The largest absolute Gasteiger partial charge is 0.309 e. The summed E-state index contributed by atoms with van der Waals surface area (Å²) in [4.78, 5) is 0. The summed E-state index contributed by atoms with van der Waals surface area (Å²) in [5, 5.41) is 2.77. The average Bonchev–Trinajstić information content (AvgIpc) is 3.42. The molecule has 0 unspecified atom stereocenters. The molecule has 0 bridgehead atoms. The summed E-state index contributed by atoms with van der Waals surface area (Å²) in [6.07, 6.45) is 0. The van der Waals surface area contributed by atoms with Crippen molar-refractivity contribution in [2.24, 2.45) is 0 Å². The fourth-order valence-corrected chi connectivity index (χ4v) is 7.37. The first-order valence-electron chi connectivity index (χ1n) is 14.3. The molecule has 1 aliphatic carbocycles. The fourth-order valence-electron chi connectivity index (χ4n) is 7.37. The lowest BCUT2D eigenvalue weighted by molar-refractivity contribution is 0.630. The maximum Gasteiger partial charge on any atom is 0.0582 e. The summed E-state index contributed by atoms with van der Waals surface area (Å²) < 4.78 is 2.55. The van der Waals surface area contributed by atoms with Gasteiger partial charge in [0.15, 0.2) is 0 Å². The van der Waals surface area contributed by atoms with Gasteiger partial charge >= 0.3 is 0 Å². The number of hydrogen-bond acceptors (Lipinski definition) is 0. The molecule has 192 valence electrons. The van der Waals surface area contributed by atoms with E-state index in [-0.39, 0.29) is 10.8 Å². The maximum atomic E-state index is 2.55. The molecule has 1 nitrogen and oxygen atoms in total. The Morgan fingerprint density at radius 2 is 1.21 bits per heavy atom. The van der Waals surface area contributed by atoms with Crippen molar-refractivity contribution in [3.63, 3.8) is 0 Å². The van der Waals surface area contributed by atoms with Crippen LogP contribution in [0.25, 0.3) is 49.7 Å². The van der Waals surface area contributed by atoms with Gasteiger partial charge in [0.25, 0.3) is 0 Å². The maximum absolute atomic E-state index is 2.55. The Morgan fingerprint density at radius 3 is 1.97 bits per heavy atom. The van der Waals surface area contributed by atoms with Crippen molar-refractivity contribution in [3.05, 3.63) is 125 Å². The summed E-state index contributed by atoms with van der Waals surface area (Å²) >= 11 is 0. The van der Waals surface area contributed by atoms with E-state index in [0.29, 0.717) is 0 Å². The normalized spacial score (nSPS) is 15.3. The zero-order valence-electron chi connectivity index (χ0n) is 23.8. The molecule has 1 aliphatic heterocycles. The molecular weight excluding hydrogens is 470 g/mol. The highest BCUT2D eigenvalue weighted by Gasteiger charge is 2.40. The number of fused-ring (bicyclic) bond motifs is 9. The standard InChI is InChI=1S/C36H29N.C2H6/c1-35(2)28-16-10-11-17-30(28)37-31-19-18-25-24-14-8-9-15-27(24)36(3,4)33(25)32(31)26-20-23(21-29(35)34(26)37)22-12-6-5-7-13-22;1-2/h5-21H,1-4H3;1-2H3. The van der Waals surface area contributed by atoms with Gasteiger partial charge in [0, 0.05) is 21.6 Å². The molecular formula is C38H35N. The smallest absolute Gasteiger partial charge is 0.0582 e. The second kappa shape index (κ2) is 8.20. The van der Waals surface area contributed by atoms with Crippen LogP contribution in [0.4, 0.5) is 0 Å². The van der Waals surface area contributed by atoms with E-state index in [4.69, 9.17) is 0 Å². The van der Waals surface area contributed by atoms with Gasteiger partial charge in [-0.3, -0.25) is 0 Å². The van der Waals surface area contributed by atoms with Crippen molar-refractivity contribution in [2.75, 3.05) is 0 Å². The topological polar surface area (TPSA) is 4.93 Å². The number of benzene rings is 5. The molecule has 1 aromatic heterocycles. The zero-order valence-corrected chi connectivity index (χ0v) is 23.8. The summed E-state index contributed by atoms with van der Waals surface area (Å²) in [5.41, 5.74) is 14.8. The van der Waals surface area contributed by atoms with Crippen molar-refractivity contribution >= 4 is 21.8 Å². The van der Waals surface area contributed by atoms with Gasteiger partial charge in [-0.1, -0.05) is 120 Å². The van der Waals surface area contributed by atoms with Gasteiger partial charge in [-0.15, -0.1) is 0 Å². The van der Waals surface area contributed by atoms with E-state index in [1.807, 2.05) is 13.8 Å². The number of para-hydroxylation sites is 1. The molecule has 5 aromatic carbocycles. The molecule has 0 atom stereocenters. The van der Waals surface area contributed by atoms with Crippen LogP contribution in [0.1, 0.15) is 63.8 Å². The highest BCUT2D eigenvalue weighted by atomic mass is 15.0. The van der Waals surface area contributed by atoms with Crippen LogP contribution in [0.2, 0.25) is 0 Å². The van der Waals surface area contributed by atoms with Gasteiger partial charge in [0.1, 0.15) is 0 Å². The molecule has 0 amide bonds. The molecule has 39 heavy (non-hydrogen) atoms. The van der Waals surface area contributed by atoms with E-state index in [9.17, 15) is 0 Å². The minimum absolute atomic E-state index is 0.0729. The minimum Gasteiger partial charge on any atom is -0.309 e. The SMILES string of the molecule is CC.CC1(C)c2ccccc2-c2ccc3c(c21)c1cc(-c2ccccc2)cc2c1n3-c1ccccc1C2(C)C. The van der Waals surface area contributed by atoms with E-state index in [0.717, 1.165) is 0 Å². The molecule has 0 saturated heterocycles. The van der Waals surface area contributed by atoms with Crippen LogP contribution < -0.4 is 0 Å². The van der Waals surface area contributed by atoms with Crippen molar-refractivity contribution in [1.82, 2.24) is 4.57 Å². The number of nitrogens with zero attached hydrogens (tertiary/aromatic N) is 1. The molecule has 2 aliphatic rings. The number of rotatable bonds is 1. The van der Waals surface area contributed by atoms with Crippen molar-refractivity contribution in [2.45, 2.75) is 52.4 Å². The molecule has 0 spiro atoms. The summed E-state index contributed by atoms with van der Waals surface area (Å²) in [6.45, 7) is 13.6. The lowest BCUT2D eigenvalue weighted by Gasteiger charge is -2.35. The molecule has 2 heterocycles. The first kappa shape index (κ1) is 24.0. The Bertz CT molecular complexity index is 1910. The van der Waals surface area contributed by atoms with E-state index in [1.54, 1.807) is 0 Å². The first-order valence-corrected chi connectivity index (χ1v) is 14.3. The lowest BCUT2D eigenvalue weighted by Crippen LogP contribution is -2.26. The third-order valence-electron chi connectivity index (χ3n) is 9.14. The van der Waals surface area contributed by atoms with Gasteiger partial charge < -0.3 is 4.57 Å². The summed E-state index contributed by atoms with van der Waals surface area (Å²) in [6, 6.07) is 38.5. The van der Waals surface area contributed by atoms with Crippen LogP contribution in [0.5, 0.6) is 0 Å². The van der Waals surface area contributed by atoms with E-state index in [1.165, 1.54) is 72.0 Å². The Kier molecular flexibility index (Phi) is 5.04. The van der Waals surface area contributed by atoms with Crippen LogP contribution >= 0.6 is 0 Å². The van der Waals surface area contributed by atoms with Gasteiger partial charge in [0.05, 0.1) is 16.7 Å². The van der Waals surface area contributed by atoms with Crippen molar-refractivity contribution < 1.29 is 0 Å². The number of aromatic nitrogens is 1. The van der Waals surface area contributed by atoms with Crippen LogP contribution in [-0.4, -0.2) is 4.57 Å². The third-order valence-corrected chi connectivity index (χ3v) is 9.14. The van der Waals surface area contributed by atoms with Crippen molar-refractivity contribution in [3.8, 4) is 27.9 Å². The molecule has 8 rings (SSSR count). The van der Waals surface area contributed by atoms with Crippen LogP contribution in [0.15, 0.2) is 103 Å². The molecule has 0 fully saturated rings. The van der Waals surface area contributed by atoms with Gasteiger partial charge in [-0.05, 0) is 68.8 Å². The minimum atomic E-state index is -0.105. The Balaban J connectivity index is 0.00000124. The van der Waals surface area contributed by atoms with Crippen LogP contribution in [0.3, 0.4) is 0 Å². The Labute approximate surface area is 231 Å². The van der Waals surface area contributed by atoms with Gasteiger partial charge in [0.2, 0.25) is 0 Å². The Morgan fingerprint density at radius 1 is 0.538 bits per heavy atom. The first-order chi connectivity index (χ1) is 18.9. The van der Waals surface area contributed by atoms with Crippen LogP contribution in [0, 0.1) is 0 Å². The predicted octanol–water partition coefficient (Wildman–Crippen LogP) is 10.4. The predicted molar refractivity (Wildman–Crippen MR) is 167 cm³/mol. The van der Waals surface area contributed by atoms with Crippen molar-refractivity contribution in [1.29, 1.82) is 0 Å².